The maximum absolute atomic E-state index is 11.9. The molecule has 31 heavy (non-hydrogen) atoms. The third kappa shape index (κ3) is 11.2. The first kappa shape index (κ1) is 26.6. The van der Waals surface area contributed by atoms with E-state index in [1.807, 2.05) is 0 Å². The number of allylic oxidation sites excluding steroid dienone is 5. The van der Waals surface area contributed by atoms with E-state index >= 15 is 0 Å². The summed E-state index contributed by atoms with van der Waals surface area (Å²) in [5.74, 6) is 0.0408. The largest absolute Gasteiger partial charge is 0.461 e. The second-order valence-corrected chi connectivity index (χ2v) is 9.52. The summed E-state index contributed by atoms with van der Waals surface area (Å²) in [6.45, 7) is 5.15. The monoisotopic (exact) mass is 544 g/mol. The van der Waals surface area contributed by atoms with Gasteiger partial charge in [0.1, 0.15) is 6.10 Å². The van der Waals surface area contributed by atoms with Gasteiger partial charge in [0.05, 0.1) is 10.5 Å². The van der Waals surface area contributed by atoms with Crippen LogP contribution in [0.15, 0.2) is 36.0 Å². The van der Waals surface area contributed by atoms with Crippen LogP contribution < -0.4 is 0 Å². The fourth-order valence-corrected chi connectivity index (χ4v) is 4.36. The highest BCUT2D eigenvalue weighted by Crippen LogP contribution is 2.34. The highest BCUT2D eigenvalue weighted by atomic mass is 127. The summed E-state index contributed by atoms with van der Waals surface area (Å²) in [5.41, 5.74) is 1.21. The molecule has 176 valence electrons. The zero-order chi connectivity index (χ0) is 22.3. The van der Waals surface area contributed by atoms with Crippen LogP contribution in [0.4, 0.5) is 0 Å². The minimum atomic E-state index is -0.146. The molecule has 0 amide bonds. The molecule has 2 aliphatic rings. The van der Waals surface area contributed by atoms with E-state index in [0.29, 0.717) is 4.43 Å². The van der Waals surface area contributed by atoms with Gasteiger partial charge >= 0.3 is 5.97 Å². The lowest BCUT2D eigenvalue weighted by Gasteiger charge is -2.25. The molecule has 0 aromatic heterocycles. The smallest absolute Gasteiger partial charge is 0.316 e. The molecule has 1 saturated carbocycles. The summed E-state index contributed by atoms with van der Waals surface area (Å²) in [4.78, 5) is 11.9. The summed E-state index contributed by atoms with van der Waals surface area (Å²) < 4.78 is 18.0. The standard InChI is InChI=1S/C26H41IO4/c1-3-4-5-6-7-8-9-10-13-21(2)15-16-22-18-23(19-24(22)31-25(28)20-27)30-26-14-11-12-17-29-26/h9-10,13,15-16,22-24,26H,3-8,11-12,14,17-20H2,1-2H3/b10-9+,16-15+,21-13+/t22-,23+,24-,26?/m0/s1. The molecule has 1 aliphatic carbocycles. The molecule has 1 aliphatic heterocycles. The third-order valence-electron chi connectivity index (χ3n) is 5.96. The van der Waals surface area contributed by atoms with Gasteiger partial charge in [-0.2, -0.15) is 0 Å². The third-order valence-corrected chi connectivity index (χ3v) is 6.58. The van der Waals surface area contributed by atoms with E-state index in [4.69, 9.17) is 14.2 Å². The van der Waals surface area contributed by atoms with Crippen LogP contribution in [-0.2, 0) is 19.0 Å². The zero-order valence-electron chi connectivity index (χ0n) is 19.4. The van der Waals surface area contributed by atoms with E-state index in [0.717, 1.165) is 45.1 Å². The molecule has 2 rings (SSSR count). The van der Waals surface area contributed by atoms with Gasteiger partial charge in [-0.3, -0.25) is 4.79 Å². The number of rotatable bonds is 13. The van der Waals surface area contributed by atoms with Gasteiger partial charge in [-0.15, -0.1) is 0 Å². The Bertz CT molecular complexity index is 592. The summed E-state index contributed by atoms with van der Waals surface area (Å²) in [5, 5.41) is 0. The van der Waals surface area contributed by atoms with Crippen LogP contribution in [0.5, 0.6) is 0 Å². The SMILES string of the molecule is CCCCCCC/C=C/C=C(C)/C=C/[C@H]1C[C@@H](OC2CCCCO2)C[C@@H]1OC(=O)CI. The number of esters is 1. The first-order chi connectivity index (χ1) is 15.1. The van der Waals surface area contributed by atoms with Crippen LogP contribution in [0.2, 0.25) is 0 Å². The number of hydrogen-bond donors (Lipinski definition) is 0. The minimum absolute atomic E-state index is 0.0849. The zero-order valence-corrected chi connectivity index (χ0v) is 21.6. The van der Waals surface area contributed by atoms with Crippen LogP contribution >= 0.6 is 22.6 Å². The van der Waals surface area contributed by atoms with E-state index in [-0.39, 0.29) is 30.4 Å². The Morgan fingerprint density at radius 1 is 1.16 bits per heavy atom. The average molecular weight is 545 g/mol. The van der Waals surface area contributed by atoms with Gasteiger partial charge in [0.25, 0.3) is 0 Å². The number of ether oxygens (including phenoxy) is 3. The van der Waals surface area contributed by atoms with Crippen molar-refractivity contribution in [3.05, 3.63) is 36.0 Å². The second kappa shape index (κ2) is 16.0. The van der Waals surface area contributed by atoms with E-state index in [2.05, 4.69) is 66.8 Å². The molecule has 1 saturated heterocycles. The van der Waals surface area contributed by atoms with Crippen molar-refractivity contribution in [3.63, 3.8) is 0 Å². The summed E-state index contributed by atoms with van der Waals surface area (Å²) in [6.07, 6.45) is 23.4. The van der Waals surface area contributed by atoms with Crippen molar-refractivity contribution in [3.8, 4) is 0 Å². The molecule has 0 aromatic carbocycles. The van der Waals surface area contributed by atoms with Crippen molar-refractivity contribution in [2.45, 2.75) is 103 Å². The number of alkyl halides is 1. The van der Waals surface area contributed by atoms with Gasteiger partial charge < -0.3 is 14.2 Å². The van der Waals surface area contributed by atoms with Crippen LogP contribution in [0.3, 0.4) is 0 Å². The first-order valence-electron chi connectivity index (χ1n) is 12.2. The number of halogens is 1. The van der Waals surface area contributed by atoms with Crippen molar-refractivity contribution in [1.29, 1.82) is 0 Å². The molecule has 4 atom stereocenters. The van der Waals surface area contributed by atoms with Crippen LogP contribution in [0, 0.1) is 5.92 Å². The fourth-order valence-electron chi connectivity index (χ4n) is 4.18. The van der Waals surface area contributed by atoms with E-state index in [1.165, 1.54) is 37.7 Å². The number of carbonyl (C=O) groups excluding carboxylic acids is 1. The molecule has 0 spiro atoms. The second-order valence-electron chi connectivity index (χ2n) is 8.75. The Labute approximate surface area is 203 Å². The highest BCUT2D eigenvalue weighted by Gasteiger charge is 2.37. The Hall–Kier alpha value is -0.660. The van der Waals surface area contributed by atoms with Crippen LogP contribution in [0.25, 0.3) is 0 Å². The van der Waals surface area contributed by atoms with Crippen LogP contribution in [-0.4, -0.2) is 35.5 Å². The quantitative estimate of drug-likeness (QED) is 0.0818. The van der Waals surface area contributed by atoms with Crippen molar-refractivity contribution in [2.75, 3.05) is 11.0 Å². The average Bonchev–Trinajstić information content (AvgIpc) is 3.15. The molecule has 4 nitrogen and oxygen atoms in total. The lowest BCUT2D eigenvalue weighted by atomic mass is 10.0. The molecule has 0 radical (unpaired) electrons. The lowest BCUT2D eigenvalue weighted by molar-refractivity contribution is -0.188. The van der Waals surface area contributed by atoms with Crippen LogP contribution in [0.1, 0.15) is 84.5 Å². The lowest BCUT2D eigenvalue weighted by Crippen LogP contribution is -2.27. The molecule has 0 N–H and O–H groups in total. The Morgan fingerprint density at radius 3 is 2.74 bits per heavy atom. The van der Waals surface area contributed by atoms with E-state index in [1.54, 1.807) is 0 Å². The fraction of sp³-hybridized carbons (Fsp3) is 0.731. The van der Waals surface area contributed by atoms with Crippen molar-refractivity contribution >= 4 is 28.6 Å². The first-order valence-corrected chi connectivity index (χ1v) is 13.7. The van der Waals surface area contributed by atoms with Gasteiger partial charge in [0.2, 0.25) is 0 Å². The molecule has 0 aromatic rings. The number of unbranched alkanes of at least 4 members (excludes halogenated alkanes) is 5. The van der Waals surface area contributed by atoms with Gasteiger partial charge in [-0.25, -0.2) is 0 Å². The van der Waals surface area contributed by atoms with Gasteiger partial charge in [0.15, 0.2) is 6.29 Å². The molecule has 5 heteroatoms. The molecular weight excluding hydrogens is 503 g/mol. The van der Waals surface area contributed by atoms with E-state index < -0.39 is 0 Å². The van der Waals surface area contributed by atoms with Crippen molar-refractivity contribution in [2.24, 2.45) is 5.92 Å². The maximum atomic E-state index is 11.9. The van der Waals surface area contributed by atoms with Gasteiger partial charge in [0, 0.05) is 18.9 Å². The summed E-state index contributed by atoms with van der Waals surface area (Å²) in [6, 6.07) is 0. The summed E-state index contributed by atoms with van der Waals surface area (Å²) >= 11 is 2.06. The highest BCUT2D eigenvalue weighted by molar-refractivity contribution is 14.1. The Balaban J connectivity index is 1.82. The molecule has 1 unspecified atom stereocenters. The minimum Gasteiger partial charge on any atom is -0.461 e. The predicted octanol–water partition coefficient (Wildman–Crippen LogP) is 7.07. The number of carbonyl (C=O) groups is 1. The topological polar surface area (TPSA) is 44.8 Å². The Kier molecular flexibility index (Phi) is 13.8. The number of hydrogen-bond acceptors (Lipinski definition) is 4. The van der Waals surface area contributed by atoms with Crippen molar-refractivity contribution in [1.82, 2.24) is 0 Å². The molecule has 1 heterocycles. The van der Waals surface area contributed by atoms with Gasteiger partial charge in [-0.05, 0) is 45.4 Å². The van der Waals surface area contributed by atoms with Gasteiger partial charge in [-0.1, -0.05) is 91.2 Å². The Morgan fingerprint density at radius 2 is 2.00 bits per heavy atom. The van der Waals surface area contributed by atoms with Crippen molar-refractivity contribution < 1.29 is 19.0 Å². The van der Waals surface area contributed by atoms with E-state index in [9.17, 15) is 4.79 Å². The molecule has 0 bridgehead atoms. The predicted molar refractivity (Wildman–Crippen MR) is 135 cm³/mol. The molecular formula is C26H41IO4. The normalized spacial score (nSPS) is 27.4. The molecule has 2 fully saturated rings. The summed E-state index contributed by atoms with van der Waals surface area (Å²) in [7, 11) is 0. The maximum Gasteiger partial charge on any atom is 0.316 e.